The Kier molecular flexibility index (Phi) is 3.28. The third-order valence-corrected chi connectivity index (χ3v) is 3.12. The summed E-state index contributed by atoms with van der Waals surface area (Å²) in [6.45, 7) is 0. The molecule has 0 saturated heterocycles. The lowest BCUT2D eigenvalue weighted by Gasteiger charge is -1.97. The normalized spacial score (nSPS) is 10.1. The molecule has 1 N–H and O–H groups in total. The zero-order chi connectivity index (χ0) is 12.9. The molecule has 3 aromatic carbocycles. The number of aromatic amines is 1. The van der Waals surface area contributed by atoms with Crippen LogP contribution >= 0.6 is 0 Å². The first-order valence-corrected chi connectivity index (χ1v) is 6.40. The van der Waals surface area contributed by atoms with Gasteiger partial charge in [0.15, 0.2) is 0 Å². The van der Waals surface area contributed by atoms with Crippen LogP contribution in [0.3, 0.4) is 0 Å². The van der Waals surface area contributed by atoms with Crippen molar-refractivity contribution in [1.29, 1.82) is 0 Å². The van der Waals surface area contributed by atoms with Gasteiger partial charge in [-0.05, 0) is 11.5 Å². The molecule has 0 aliphatic heterocycles. The van der Waals surface area contributed by atoms with Crippen molar-refractivity contribution in [1.82, 2.24) is 4.98 Å². The molecule has 1 heterocycles. The molecule has 1 aromatic heterocycles. The minimum Gasteiger partial charge on any atom is -0.361 e. The average molecular weight is 245 g/mol. The predicted molar refractivity (Wildman–Crippen MR) is 82.2 cm³/mol. The quantitative estimate of drug-likeness (QED) is 0.448. The Bertz CT molecular complexity index is 742. The topological polar surface area (TPSA) is 15.8 Å². The summed E-state index contributed by atoms with van der Waals surface area (Å²) in [6.07, 6.45) is 1.98. The lowest BCUT2D eigenvalue weighted by molar-refractivity contribution is 1.49. The molecule has 0 spiro atoms. The fourth-order valence-electron chi connectivity index (χ4n) is 2.19. The van der Waals surface area contributed by atoms with Gasteiger partial charge in [0.2, 0.25) is 0 Å². The third-order valence-electron chi connectivity index (χ3n) is 3.12. The minimum absolute atomic E-state index is 1.23. The van der Waals surface area contributed by atoms with Crippen LogP contribution in [-0.2, 0) is 0 Å². The fraction of sp³-hybridized carbons (Fsp3) is 0. The summed E-state index contributed by atoms with van der Waals surface area (Å²) < 4.78 is 0. The summed E-state index contributed by atoms with van der Waals surface area (Å²) in [5.41, 5.74) is 1.23. The Labute approximate surface area is 112 Å². The molecule has 0 amide bonds. The Morgan fingerprint density at radius 2 is 1.16 bits per heavy atom. The number of hydrogen-bond donors (Lipinski definition) is 1. The summed E-state index contributed by atoms with van der Waals surface area (Å²) in [4.78, 5) is 3.26. The second-order valence-corrected chi connectivity index (χ2v) is 4.38. The summed E-state index contributed by atoms with van der Waals surface area (Å²) in [7, 11) is 0. The highest BCUT2D eigenvalue weighted by molar-refractivity contribution is 6.05. The average Bonchev–Trinajstić information content (AvgIpc) is 2.99. The second kappa shape index (κ2) is 5.40. The number of rotatable bonds is 0. The number of aromatic nitrogens is 1. The smallest absolute Gasteiger partial charge is 0.0533 e. The first-order valence-electron chi connectivity index (χ1n) is 6.40. The zero-order valence-corrected chi connectivity index (χ0v) is 10.6. The highest BCUT2D eigenvalue weighted by Crippen LogP contribution is 2.23. The van der Waals surface area contributed by atoms with Crippen LogP contribution in [0, 0.1) is 0 Å². The monoisotopic (exact) mass is 245 g/mol. The van der Waals surface area contributed by atoms with E-state index in [1.54, 1.807) is 0 Å². The molecule has 0 bridgehead atoms. The maximum Gasteiger partial charge on any atom is 0.0533 e. The van der Waals surface area contributed by atoms with E-state index in [0.717, 1.165) is 0 Å². The van der Waals surface area contributed by atoms with Gasteiger partial charge in [-0.25, -0.2) is 0 Å². The van der Waals surface area contributed by atoms with E-state index in [9.17, 15) is 0 Å². The van der Waals surface area contributed by atoms with Crippen LogP contribution in [0.5, 0.6) is 0 Å². The summed E-state index contributed by atoms with van der Waals surface area (Å²) in [6, 6.07) is 26.8. The van der Waals surface area contributed by atoms with Crippen molar-refractivity contribution in [3.05, 3.63) is 85.1 Å². The minimum atomic E-state index is 1.23. The molecule has 1 nitrogen and oxygen atoms in total. The van der Waals surface area contributed by atoms with Crippen LogP contribution < -0.4 is 0 Å². The molecule has 0 fully saturated rings. The van der Waals surface area contributed by atoms with Gasteiger partial charge in [-0.3, -0.25) is 0 Å². The van der Waals surface area contributed by atoms with Gasteiger partial charge in [0.05, 0.1) is 5.52 Å². The van der Waals surface area contributed by atoms with Gasteiger partial charge in [0.1, 0.15) is 0 Å². The van der Waals surface area contributed by atoms with Gasteiger partial charge in [0.25, 0.3) is 0 Å². The first-order chi connectivity index (χ1) is 9.45. The van der Waals surface area contributed by atoms with Crippen molar-refractivity contribution in [2.24, 2.45) is 0 Å². The Hall–Kier alpha value is -2.54. The molecular formula is C18H15N. The van der Waals surface area contributed by atoms with Gasteiger partial charge in [-0.1, -0.05) is 72.8 Å². The van der Waals surface area contributed by atoms with E-state index in [4.69, 9.17) is 0 Å². The van der Waals surface area contributed by atoms with Crippen molar-refractivity contribution in [3.8, 4) is 0 Å². The molecule has 4 rings (SSSR count). The number of nitrogens with one attached hydrogen (secondary N) is 1. The maximum absolute atomic E-state index is 3.26. The lowest BCUT2D eigenvalue weighted by atomic mass is 10.1. The summed E-state index contributed by atoms with van der Waals surface area (Å²) >= 11 is 0. The molecule has 19 heavy (non-hydrogen) atoms. The van der Waals surface area contributed by atoms with Gasteiger partial charge >= 0.3 is 0 Å². The van der Waals surface area contributed by atoms with E-state index in [1.807, 2.05) is 42.6 Å². The predicted octanol–water partition coefficient (Wildman–Crippen LogP) is 5.01. The van der Waals surface area contributed by atoms with Crippen LogP contribution in [-0.4, -0.2) is 4.98 Å². The van der Waals surface area contributed by atoms with E-state index in [0.29, 0.717) is 0 Å². The fourth-order valence-corrected chi connectivity index (χ4v) is 2.19. The first kappa shape index (κ1) is 11.5. The van der Waals surface area contributed by atoms with Crippen molar-refractivity contribution in [2.45, 2.75) is 0 Å². The van der Waals surface area contributed by atoms with E-state index < -0.39 is 0 Å². The highest BCUT2D eigenvalue weighted by atomic mass is 14.7. The molecule has 1 heteroatoms. The van der Waals surface area contributed by atoms with Crippen molar-refractivity contribution < 1.29 is 0 Å². The standard InChI is InChI=1S/C12H9N.C6H6/c1-2-4-11-9(3-1)5-6-10-7-8-13-12(10)11;1-2-4-6-5-3-1/h1-8,13H;1-6H. The Balaban J connectivity index is 0.000000155. The van der Waals surface area contributed by atoms with E-state index in [2.05, 4.69) is 47.4 Å². The molecule has 0 aliphatic carbocycles. The van der Waals surface area contributed by atoms with E-state index >= 15 is 0 Å². The van der Waals surface area contributed by atoms with Crippen LogP contribution in [0.1, 0.15) is 0 Å². The molecular weight excluding hydrogens is 230 g/mol. The zero-order valence-electron chi connectivity index (χ0n) is 10.6. The molecule has 4 aromatic rings. The van der Waals surface area contributed by atoms with Gasteiger partial charge in [-0.2, -0.15) is 0 Å². The number of fused-ring (bicyclic) bond motifs is 3. The highest BCUT2D eigenvalue weighted by Gasteiger charge is 1.98. The molecule has 92 valence electrons. The number of benzene rings is 3. The Morgan fingerprint density at radius 1 is 0.526 bits per heavy atom. The van der Waals surface area contributed by atoms with Crippen LogP contribution in [0.2, 0.25) is 0 Å². The van der Waals surface area contributed by atoms with Crippen LogP contribution in [0.15, 0.2) is 85.1 Å². The summed E-state index contributed by atoms with van der Waals surface area (Å²) in [5, 5.41) is 3.86. The Morgan fingerprint density at radius 3 is 1.89 bits per heavy atom. The maximum atomic E-state index is 3.26. The van der Waals surface area contributed by atoms with Crippen molar-refractivity contribution in [3.63, 3.8) is 0 Å². The van der Waals surface area contributed by atoms with E-state index in [1.165, 1.54) is 21.7 Å². The molecule has 0 radical (unpaired) electrons. The van der Waals surface area contributed by atoms with E-state index in [-0.39, 0.29) is 0 Å². The number of H-pyrrole nitrogens is 1. The molecule has 0 saturated carbocycles. The van der Waals surface area contributed by atoms with Crippen LogP contribution in [0.25, 0.3) is 21.7 Å². The third kappa shape index (κ3) is 2.50. The van der Waals surface area contributed by atoms with Crippen molar-refractivity contribution in [2.75, 3.05) is 0 Å². The molecule has 0 unspecified atom stereocenters. The number of hydrogen-bond acceptors (Lipinski definition) is 0. The molecule has 0 atom stereocenters. The SMILES string of the molecule is c1ccc2c(c1)ccc1cc[nH]c12.c1ccccc1. The van der Waals surface area contributed by atoms with Gasteiger partial charge in [0, 0.05) is 17.0 Å². The second-order valence-electron chi connectivity index (χ2n) is 4.38. The van der Waals surface area contributed by atoms with Gasteiger partial charge < -0.3 is 4.98 Å². The molecule has 0 aliphatic rings. The van der Waals surface area contributed by atoms with Crippen LogP contribution in [0.4, 0.5) is 0 Å². The largest absolute Gasteiger partial charge is 0.361 e. The lowest BCUT2D eigenvalue weighted by Crippen LogP contribution is -1.73. The van der Waals surface area contributed by atoms with Gasteiger partial charge in [-0.15, -0.1) is 0 Å². The van der Waals surface area contributed by atoms with Crippen molar-refractivity contribution >= 4 is 21.7 Å². The summed E-state index contributed by atoms with van der Waals surface area (Å²) in [5.74, 6) is 0.